The van der Waals surface area contributed by atoms with Crippen LogP contribution in [0, 0.1) is 0 Å². The predicted octanol–water partition coefficient (Wildman–Crippen LogP) is 5.09. The van der Waals surface area contributed by atoms with Gasteiger partial charge in [-0.2, -0.15) is 0 Å². The number of ether oxygens (including phenoxy) is 1. The molecular weight excluding hydrogens is 366 g/mol. The average Bonchev–Trinajstić information content (AvgIpc) is 3.24. The van der Waals surface area contributed by atoms with E-state index in [0.717, 1.165) is 43.6 Å². The summed E-state index contributed by atoms with van der Waals surface area (Å²) < 4.78 is 5.98. The van der Waals surface area contributed by atoms with Crippen LogP contribution in [-0.2, 0) is 16.1 Å². The Hall–Kier alpha value is -2.43. The maximum atomic E-state index is 13.1. The lowest BCUT2D eigenvalue weighted by Crippen LogP contribution is -2.38. The molecule has 1 aromatic heterocycles. The third kappa shape index (κ3) is 4.70. The van der Waals surface area contributed by atoms with Crippen molar-refractivity contribution < 1.29 is 9.53 Å². The molecule has 0 bridgehead atoms. The van der Waals surface area contributed by atoms with Crippen molar-refractivity contribution in [3.63, 3.8) is 0 Å². The third-order valence-electron chi connectivity index (χ3n) is 5.28. The van der Waals surface area contributed by atoms with Gasteiger partial charge in [0.05, 0.1) is 0 Å². The van der Waals surface area contributed by atoms with Gasteiger partial charge in [0.1, 0.15) is 12.0 Å². The van der Waals surface area contributed by atoms with E-state index in [-0.39, 0.29) is 18.0 Å². The first kappa shape index (κ1) is 18.9. The Morgan fingerprint density at radius 2 is 1.54 bits per heavy atom. The molecule has 28 heavy (non-hydrogen) atoms. The van der Waals surface area contributed by atoms with Crippen LogP contribution in [0.4, 0.5) is 0 Å². The zero-order chi connectivity index (χ0) is 19.2. The van der Waals surface area contributed by atoms with Gasteiger partial charge in [-0.1, -0.05) is 66.7 Å². The lowest BCUT2D eigenvalue weighted by Gasteiger charge is -2.32. The largest absolute Gasteiger partial charge is 0.462 e. The van der Waals surface area contributed by atoms with Gasteiger partial charge in [-0.05, 0) is 35.4 Å². The summed E-state index contributed by atoms with van der Waals surface area (Å²) in [7, 11) is 0. The Bertz CT molecular complexity index is 817. The van der Waals surface area contributed by atoms with Crippen LogP contribution >= 0.6 is 11.3 Å². The molecule has 4 heteroatoms. The minimum atomic E-state index is -0.369. The van der Waals surface area contributed by atoms with Gasteiger partial charge in [0.15, 0.2) is 0 Å². The maximum Gasteiger partial charge on any atom is 0.318 e. The Balaban J connectivity index is 1.40. The maximum absolute atomic E-state index is 13.1. The van der Waals surface area contributed by atoms with E-state index in [1.165, 1.54) is 4.88 Å². The highest BCUT2D eigenvalue weighted by atomic mass is 32.1. The summed E-state index contributed by atoms with van der Waals surface area (Å²) in [4.78, 5) is 17.0. The van der Waals surface area contributed by atoms with Gasteiger partial charge in [0.25, 0.3) is 0 Å². The van der Waals surface area contributed by atoms with Crippen molar-refractivity contribution in [2.24, 2.45) is 0 Å². The minimum Gasteiger partial charge on any atom is -0.462 e. The number of thiophene rings is 1. The van der Waals surface area contributed by atoms with Crippen molar-refractivity contribution in [3.8, 4) is 0 Å². The molecule has 0 radical (unpaired) electrons. The molecule has 1 aliphatic heterocycles. The van der Waals surface area contributed by atoms with Gasteiger partial charge in [0, 0.05) is 24.5 Å². The number of hydrogen-bond donors (Lipinski definition) is 0. The van der Waals surface area contributed by atoms with Crippen LogP contribution in [0.5, 0.6) is 0 Å². The predicted molar refractivity (Wildman–Crippen MR) is 113 cm³/mol. The summed E-state index contributed by atoms with van der Waals surface area (Å²) in [5.74, 6) is -0.513. The molecule has 1 aliphatic rings. The highest BCUT2D eigenvalue weighted by Gasteiger charge is 2.28. The SMILES string of the molecule is O=C(OC1CCN(Cc2cccs2)CC1)C(c1ccccc1)c1ccccc1. The molecule has 1 fully saturated rings. The smallest absolute Gasteiger partial charge is 0.318 e. The molecule has 0 saturated carbocycles. The number of likely N-dealkylation sites (tertiary alicyclic amines) is 1. The number of piperidine rings is 1. The number of benzene rings is 2. The van der Waals surface area contributed by atoms with E-state index in [0.29, 0.717) is 0 Å². The van der Waals surface area contributed by atoms with Gasteiger partial charge in [-0.25, -0.2) is 0 Å². The molecule has 0 aliphatic carbocycles. The second kappa shape index (κ2) is 9.18. The number of hydrogen-bond acceptors (Lipinski definition) is 4. The van der Waals surface area contributed by atoms with E-state index < -0.39 is 0 Å². The van der Waals surface area contributed by atoms with E-state index in [1.807, 2.05) is 60.7 Å². The molecule has 0 N–H and O–H groups in total. The minimum absolute atomic E-state index is 0.00186. The van der Waals surface area contributed by atoms with Gasteiger partial charge in [-0.3, -0.25) is 9.69 Å². The second-order valence-corrected chi connectivity index (χ2v) is 8.28. The van der Waals surface area contributed by atoms with Crippen LogP contribution in [0.2, 0.25) is 0 Å². The van der Waals surface area contributed by atoms with E-state index in [2.05, 4.69) is 22.4 Å². The summed E-state index contributed by atoms with van der Waals surface area (Å²) >= 11 is 1.80. The van der Waals surface area contributed by atoms with Crippen molar-refractivity contribution in [1.82, 2.24) is 4.90 Å². The van der Waals surface area contributed by atoms with Crippen LogP contribution in [0.25, 0.3) is 0 Å². The van der Waals surface area contributed by atoms with Crippen LogP contribution < -0.4 is 0 Å². The third-order valence-corrected chi connectivity index (χ3v) is 6.14. The zero-order valence-corrected chi connectivity index (χ0v) is 16.7. The van der Waals surface area contributed by atoms with Gasteiger partial charge in [-0.15, -0.1) is 11.3 Å². The second-order valence-electron chi connectivity index (χ2n) is 7.25. The highest BCUT2D eigenvalue weighted by Crippen LogP contribution is 2.28. The number of carbonyl (C=O) groups excluding carboxylic acids is 1. The molecular formula is C24H25NO2S. The van der Waals surface area contributed by atoms with E-state index in [9.17, 15) is 4.79 Å². The fourth-order valence-electron chi connectivity index (χ4n) is 3.80. The Kier molecular flexibility index (Phi) is 6.20. The number of carbonyl (C=O) groups is 1. The fourth-order valence-corrected chi connectivity index (χ4v) is 4.54. The first-order valence-electron chi connectivity index (χ1n) is 9.85. The lowest BCUT2D eigenvalue weighted by atomic mass is 9.91. The van der Waals surface area contributed by atoms with Crippen molar-refractivity contribution in [2.45, 2.75) is 31.4 Å². The van der Waals surface area contributed by atoms with Crippen molar-refractivity contribution in [2.75, 3.05) is 13.1 Å². The molecule has 0 unspecified atom stereocenters. The van der Waals surface area contributed by atoms with Crippen LogP contribution in [0.3, 0.4) is 0 Å². The molecule has 3 nitrogen and oxygen atoms in total. The van der Waals surface area contributed by atoms with Crippen molar-refractivity contribution >= 4 is 17.3 Å². The molecule has 2 heterocycles. The zero-order valence-electron chi connectivity index (χ0n) is 15.9. The van der Waals surface area contributed by atoms with E-state index in [1.54, 1.807) is 11.3 Å². The average molecular weight is 392 g/mol. The molecule has 4 rings (SSSR count). The normalized spacial score (nSPS) is 15.6. The lowest BCUT2D eigenvalue weighted by molar-refractivity contribution is -0.152. The Morgan fingerprint density at radius 3 is 2.07 bits per heavy atom. The van der Waals surface area contributed by atoms with E-state index in [4.69, 9.17) is 4.74 Å². The van der Waals surface area contributed by atoms with Crippen LogP contribution in [0.1, 0.15) is 34.8 Å². The number of rotatable bonds is 6. The first-order chi connectivity index (χ1) is 13.8. The molecule has 2 aromatic carbocycles. The molecule has 144 valence electrons. The Labute approximate surface area is 170 Å². The summed E-state index contributed by atoms with van der Waals surface area (Å²) in [5, 5.41) is 2.12. The summed E-state index contributed by atoms with van der Waals surface area (Å²) in [6.45, 7) is 2.93. The molecule has 0 spiro atoms. The number of esters is 1. The topological polar surface area (TPSA) is 29.5 Å². The standard InChI is InChI=1S/C24H25NO2S/c26-24(23(19-8-3-1-4-9-19)20-10-5-2-6-11-20)27-21-13-15-25(16-14-21)18-22-12-7-17-28-22/h1-12,17,21,23H,13-16,18H2. The fraction of sp³-hybridized carbons (Fsp3) is 0.292. The van der Waals surface area contributed by atoms with Gasteiger partial charge < -0.3 is 4.74 Å². The highest BCUT2D eigenvalue weighted by molar-refractivity contribution is 7.09. The first-order valence-corrected chi connectivity index (χ1v) is 10.7. The van der Waals surface area contributed by atoms with Crippen molar-refractivity contribution in [3.05, 3.63) is 94.2 Å². The monoisotopic (exact) mass is 391 g/mol. The quantitative estimate of drug-likeness (QED) is 0.548. The molecule has 1 saturated heterocycles. The van der Waals surface area contributed by atoms with Gasteiger partial charge in [0.2, 0.25) is 0 Å². The summed E-state index contributed by atoms with van der Waals surface area (Å²) in [6, 6.07) is 24.1. The molecule has 0 atom stereocenters. The van der Waals surface area contributed by atoms with Crippen LogP contribution in [-0.4, -0.2) is 30.1 Å². The van der Waals surface area contributed by atoms with Gasteiger partial charge >= 0.3 is 5.97 Å². The van der Waals surface area contributed by atoms with Crippen LogP contribution in [0.15, 0.2) is 78.2 Å². The Morgan fingerprint density at radius 1 is 0.929 bits per heavy atom. The molecule has 3 aromatic rings. The molecule has 0 amide bonds. The number of nitrogens with zero attached hydrogens (tertiary/aromatic N) is 1. The summed E-state index contributed by atoms with van der Waals surface area (Å²) in [6.07, 6.45) is 1.79. The van der Waals surface area contributed by atoms with Crippen molar-refractivity contribution in [1.29, 1.82) is 0 Å². The van der Waals surface area contributed by atoms with E-state index >= 15 is 0 Å². The summed E-state index contributed by atoms with van der Waals surface area (Å²) in [5.41, 5.74) is 1.96.